The minimum atomic E-state index is -1.08. The average molecular weight is 415 g/mol. The molecule has 0 radical (unpaired) electrons. The molecule has 1 unspecified atom stereocenters. The summed E-state index contributed by atoms with van der Waals surface area (Å²) in [5.74, 6) is -1.49. The molecule has 1 saturated heterocycles. The summed E-state index contributed by atoms with van der Waals surface area (Å²) >= 11 is 0. The van der Waals surface area contributed by atoms with E-state index in [1.165, 1.54) is 12.0 Å². The summed E-state index contributed by atoms with van der Waals surface area (Å²) in [7, 11) is 1.28. The Kier molecular flexibility index (Phi) is 7.94. The lowest BCUT2D eigenvalue weighted by Gasteiger charge is -2.53. The van der Waals surface area contributed by atoms with E-state index in [9.17, 15) is 14.4 Å². The van der Waals surface area contributed by atoms with Crippen LogP contribution >= 0.6 is 0 Å². The monoisotopic (exact) mass is 415 g/mol. The maximum absolute atomic E-state index is 13.3. The molecule has 162 valence electrons. The standard InChI is InChI=1S/C23H29NO6/c1-6-10-18-19(21(26)24(18)20(16(2)3)22(27)28-5)23(4,14-29-15-25)30-13-17-11-8-7-9-12-17/h6-9,11-12,15,18-19H,1,10,13-14H2,2-5H3/t18-,19+,23?/m1/s1. The van der Waals surface area contributed by atoms with Crippen LogP contribution in [0, 0.1) is 5.92 Å². The maximum atomic E-state index is 13.3. The van der Waals surface area contributed by atoms with E-state index in [-0.39, 0.29) is 30.9 Å². The van der Waals surface area contributed by atoms with Crippen LogP contribution in [0.3, 0.4) is 0 Å². The number of carbonyl (C=O) groups excluding carboxylic acids is 3. The van der Waals surface area contributed by atoms with Crippen molar-refractivity contribution < 1.29 is 28.6 Å². The lowest BCUT2D eigenvalue weighted by molar-refractivity contribution is -0.194. The van der Waals surface area contributed by atoms with Gasteiger partial charge in [0.2, 0.25) is 5.91 Å². The molecular formula is C23H29NO6. The molecule has 7 heteroatoms. The second kappa shape index (κ2) is 10.2. The fraction of sp³-hybridized carbons (Fsp3) is 0.435. The molecule has 1 aliphatic rings. The third-order valence-electron chi connectivity index (χ3n) is 5.23. The Morgan fingerprint density at radius 1 is 1.27 bits per heavy atom. The Labute approximate surface area is 177 Å². The van der Waals surface area contributed by atoms with Crippen molar-refractivity contribution in [1.29, 1.82) is 0 Å². The zero-order valence-corrected chi connectivity index (χ0v) is 17.9. The summed E-state index contributed by atoms with van der Waals surface area (Å²) in [6, 6.07) is 9.14. The van der Waals surface area contributed by atoms with E-state index >= 15 is 0 Å². The number of β-lactam (4-membered cyclic amide) rings is 1. The van der Waals surface area contributed by atoms with Gasteiger partial charge in [0.05, 0.1) is 25.7 Å². The molecule has 7 nitrogen and oxygen atoms in total. The van der Waals surface area contributed by atoms with Gasteiger partial charge in [0.1, 0.15) is 17.9 Å². The molecule has 1 aliphatic heterocycles. The molecule has 1 aromatic carbocycles. The number of nitrogens with zero attached hydrogens (tertiary/aromatic N) is 1. The number of amides is 1. The van der Waals surface area contributed by atoms with Gasteiger partial charge in [-0.15, -0.1) is 6.58 Å². The number of hydrogen-bond donors (Lipinski definition) is 0. The molecular weight excluding hydrogens is 386 g/mol. The van der Waals surface area contributed by atoms with Crippen molar-refractivity contribution >= 4 is 18.3 Å². The van der Waals surface area contributed by atoms with E-state index in [1.807, 2.05) is 30.3 Å². The third-order valence-corrected chi connectivity index (χ3v) is 5.23. The Balaban J connectivity index is 2.36. The van der Waals surface area contributed by atoms with Crippen molar-refractivity contribution in [2.45, 2.75) is 45.4 Å². The second-order valence-electron chi connectivity index (χ2n) is 7.61. The number of methoxy groups -OCH3 is 1. The van der Waals surface area contributed by atoms with Crippen LogP contribution in [0.25, 0.3) is 0 Å². The Morgan fingerprint density at radius 3 is 2.47 bits per heavy atom. The molecule has 1 heterocycles. The van der Waals surface area contributed by atoms with Crippen LogP contribution in [0.4, 0.5) is 0 Å². The lowest BCUT2D eigenvalue weighted by atomic mass is 9.73. The highest BCUT2D eigenvalue weighted by Crippen LogP contribution is 2.43. The first kappa shape index (κ1) is 23.3. The number of hydrogen-bond acceptors (Lipinski definition) is 6. The molecule has 1 amide bonds. The van der Waals surface area contributed by atoms with Crippen molar-refractivity contribution in [3.8, 4) is 0 Å². The van der Waals surface area contributed by atoms with E-state index in [4.69, 9.17) is 14.2 Å². The molecule has 0 bridgehead atoms. The van der Waals surface area contributed by atoms with Crippen LogP contribution in [0.15, 0.2) is 54.3 Å². The molecule has 1 aromatic rings. The van der Waals surface area contributed by atoms with Crippen LogP contribution < -0.4 is 0 Å². The van der Waals surface area contributed by atoms with Gasteiger partial charge >= 0.3 is 5.97 Å². The van der Waals surface area contributed by atoms with Crippen molar-refractivity contribution in [2.24, 2.45) is 5.92 Å². The molecule has 0 saturated carbocycles. The van der Waals surface area contributed by atoms with Crippen LogP contribution in [-0.4, -0.2) is 48.6 Å². The van der Waals surface area contributed by atoms with Gasteiger partial charge in [-0.25, -0.2) is 4.79 Å². The molecule has 30 heavy (non-hydrogen) atoms. The zero-order chi connectivity index (χ0) is 22.3. The lowest BCUT2D eigenvalue weighted by Crippen LogP contribution is -2.69. The van der Waals surface area contributed by atoms with Crippen molar-refractivity contribution in [3.05, 3.63) is 59.8 Å². The fourth-order valence-corrected chi connectivity index (χ4v) is 3.78. The van der Waals surface area contributed by atoms with Gasteiger partial charge in [-0.1, -0.05) is 36.4 Å². The smallest absolute Gasteiger partial charge is 0.354 e. The van der Waals surface area contributed by atoms with Crippen LogP contribution in [-0.2, 0) is 35.2 Å². The molecule has 0 spiro atoms. The normalized spacial score (nSPS) is 19.9. The number of allylic oxidation sites excluding steroid dienone is 1. The maximum Gasteiger partial charge on any atom is 0.354 e. The number of ether oxygens (including phenoxy) is 3. The first-order valence-electron chi connectivity index (χ1n) is 9.73. The largest absolute Gasteiger partial charge is 0.465 e. The highest BCUT2D eigenvalue weighted by Gasteiger charge is 2.59. The van der Waals surface area contributed by atoms with Crippen molar-refractivity contribution in [1.82, 2.24) is 4.90 Å². The summed E-state index contributed by atoms with van der Waals surface area (Å²) in [5.41, 5.74) is 0.727. The quantitative estimate of drug-likeness (QED) is 0.182. The first-order chi connectivity index (χ1) is 14.3. The molecule has 0 aliphatic carbocycles. The van der Waals surface area contributed by atoms with E-state index in [0.29, 0.717) is 18.5 Å². The number of esters is 1. The minimum absolute atomic E-state index is 0.0936. The van der Waals surface area contributed by atoms with E-state index in [1.54, 1.807) is 26.8 Å². The Morgan fingerprint density at radius 2 is 1.93 bits per heavy atom. The predicted molar refractivity (Wildman–Crippen MR) is 111 cm³/mol. The SMILES string of the molecule is C=CC[C@@H]1[C@H](C(C)(COC=O)OCc2ccccc2)C(=O)N1C(C(=O)OC)=C(C)C. The van der Waals surface area contributed by atoms with Crippen LogP contribution in [0.5, 0.6) is 0 Å². The summed E-state index contributed by atoms with van der Waals surface area (Å²) in [4.78, 5) is 37.9. The van der Waals surface area contributed by atoms with Crippen LogP contribution in [0.1, 0.15) is 32.8 Å². The number of likely N-dealkylation sites (tertiary alicyclic amines) is 1. The van der Waals surface area contributed by atoms with Crippen molar-refractivity contribution in [2.75, 3.05) is 13.7 Å². The van der Waals surface area contributed by atoms with Gasteiger partial charge in [-0.2, -0.15) is 0 Å². The summed E-state index contributed by atoms with van der Waals surface area (Å²) < 4.78 is 16.0. The summed E-state index contributed by atoms with van der Waals surface area (Å²) in [5, 5.41) is 0. The highest BCUT2D eigenvalue weighted by molar-refractivity contribution is 5.99. The van der Waals surface area contributed by atoms with Gasteiger partial charge in [0, 0.05) is 0 Å². The average Bonchev–Trinajstić information content (AvgIpc) is 2.74. The highest BCUT2D eigenvalue weighted by atomic mass is 16.6. The zero-order valence-electron chi connectivity index (χ0n) is 17.9. The van der Waals surface area contributed by atoms with Gasteiger partial charge in [0.25, 0.3) is 6.47 Å². The molecule has 1 fully saturated rings. The van der Waals surface area contributed by atoms with Crippen molar-refractivity contribution in [3.63, 3.8) is 0 Å². The third kappa shape index (κ3) is 4.79. The first-order valence-corrected chi connectivity index (χ1v) is 9.73. The van der Waals surface area contributed by atoms with E-state index < -0.39 is 17.5 Å². The fourth-order valence-electron chi connectivity index (χ4n) is 3.78. The number of carbonyl (C=O) groups is 3. The second-order valence-corrected chi connectivity index (χ2v) is 7.61. The Bertz CT molecular complexity index is 814. The summed E-state index contributed by atoms with van der Waals surface area (Å²) in [6.07, 6.45) is 2.13. The number of benzene rings is 1. The minimum Gasteiger partial charge on any atom is -0.465 e. The van der Waals surface area contributed by atoms with Crippen LogP contribution in [0.2, 0.25) is 0 Å². The van der Waals surface area contributed by atoms with Gasteiger partial charge in [-0.05, 0) is 38.3 Å². The molecule has 0 N–H and O–H groups in total. The van der Waals surface area contributed by atoms with E-state index in [2.05, 4.69) is 6.58 Å². The van der Waals surface area contributed by atoms with Gasteiger partial charge in [0.15, 0.2) is 0 Å². The van der Waals surface area contributed by atoms with Gasteiger partial charge in [-0.3, -0.25) is 9.59 Å². The summed E-state index contributed by atoms with van der Waals surface area (Å²) in [6.45, 7) is 9.52. The predicted octanol–water partition coefficient (Wildman–Crippen LogP) is 3.00. The molecule has 3 atom stereocenters. The number of rotatable bonds is 11. The Hall–Kier alpha value is -2.93. The van der Waals surface area contributed by atoms with Gasteiger partial charge < -0.3 is 19.1 Å². The van der Waals surface area contributed by atoms with E-state index in [0.717, 1.165) is 5.56 Å². The molecule has 2 rings (SSSR count). The topological polar surface area (TPSA) is 82.1 Å². The molecule has 0 aromatic heterocycles.